The van der Waals surface area contributed by atoms with Gasteiger partial charge in [0, 0.05) is 11.7 Å². The van der Waals surface area contributed by atoms with Crippen molar-refractivity contribution < 1.29 is 4.79 Å². The summed E-state index contributed by atoms with van der Waals surface area (Å²) in [5.74, 6) is 0.127. The van der Waals surface area contributed by atoms with Crippen LogP contribution in [0.25, 0.3) is 0 Å². The van der Waals surface area contributed by atoms with Crippen molar-refractivity contribution in [3.8, 4) is 0 Å². The first-order valence-electron chi connectivity index (χ1n) is 6.62. The number of nitrogens with two attached hydrogens (primary N) is 1. The number of amides is 1. The molecule has 1 amide bonds. The molecule has 3 N–H and O–H groups in total. The van der Waals surface area contributed by atoms with E-state index in [1.54, 1.807) is 12.4 Å². The van der Waals surface area contributed by atoms with Gasteiger partial charge in [0.25, 0.3) is 0 Å². The van der Waals surface area contributed by atoms with Gasteiger partial charge >= 0.3 is 0 Å². The van der Waals surface area contributed by atoms with E-state index in [-0.39, 0.29) is 16.9 Å². The maximum absolute atomic E-state index is 12.5. The molecule has 18 heavy (non-hydrogen) atoms. The summed E-state index contributed by atoms with van der Waals surface area (Å²) in [7, 11) is 0. The Bertz CT molecular complexity index is 461. The number of rotatable bonds is 2. The standard InChI is InChI=1S/C14H19N3O/c15-14-5-2-4-13(10-14,6-7-14)12(18)17-11-3-1-8-16-9-11/h1,3,8-9H,2,4-7,10,15H2,(H,17,18)/t13-,14+/m1/s1. The van der Waals surface area contributed by atoms with Crippen LogP contribution in [0.1, 0.15) is 38.5 Å². The molecule has 0 aromatic carbocycles. The Morgan fingerprint density at radius 1 is 1.33 bits per heavy atom. The highest BCUT2D eigenvalue weighted by molar-refractivity contribution is 5.95. The predicted molar refractivity (Wildman–Crippen MR) is 69.9 cm³/mol. The topological polar surface area (TPSA) is 68.0 Å². The summed E-state index contributed by atoms with van der Waals surface area (Å²) in [6.07, 6.45) is 9.23. The summed E-state index contributed by atoms with van der Waals surface area (Å²) in [6.45, 7) is 0. The molecule has 0 unspecified atom stereocenters. The molecule has 3 rings (SSSR count). The van der Waals surface area contributed by atoms with E-state index < -0.39 is 0 Å². The number of aromatic nitrogens is 1. The Hall–Kier alpha value is -1.42. The normalized spacial score (nSPS) is 34.3. The third-order valence-electron chi connectivity index (χ3n) is 4.52. The Morgan fingerprint density at radius 3 is 3.00 bits per heavy atom. The van der Waals surface area contributed by atoms with Gasteiger partial charge in [-0.05, 0) is 44.2 Å². The van der Waals surface area contributed by atoms with E-state index in [0.717, 1.165) is 44.2 Å². The third-order valence-corrected chi connectivity index (χ3v) is 4.52. The lowest BCUT2D eigenvalue weighted by Gasteiger charge is -2.36. The van der Waals surface area contributed by atoms with Crippen LogP contribution in [0.15, 0.2) is 24.5 Å². The molecule has 2 aliphatic carbocycles. The SMILES string of the molecule is N[C@@]12CCC[C@@](C(=O)Nc3cccnc3)(CC1)C2. The average molecular weight is 245 g/mol. The molecule has 2 atom stereocenters. The molecule has 2 aliphatic rings. The minimum Gasteiger partial charge on any atom is -0.325 e. The molecule has 2 bridgehead atoms. The fraction of sp³-hybridized carbons (Fsp3) is 0.571. The van der Waals surface area contributed by atoms with E-state index >= 15 is 0 Å². The highest BCUT2D eigenvalue weighted by Gasteiger charge is 2.53. The van der Waals surface area contributed by atoms with Gasteiger partial charge in [0.2, 0.25) is 5.91 Å². The lowest BCUT2D eigenvalue weighted by atomic mass is 9.72. The van der Waals surface area contributed by atoms with E-state index in [2.05, 4.69) is 10.3 Å². The van der Waals surface area contributed by atoms with Crippen molar-refractivity contribution in [3.05, 3.63) is 24.5 Å². The number of nitrogens with one attached hydrogen (secondary N) is 1. The summed E-state index contributed by atoms with van der Waals surface area (Å²) in [6, 6.07) is 3.70. The lowest BCUT2D eigenvalue weighted by Crippen LogP contribution is -2.45. The second-order valence-electron chi connectivity index (χ2n) is 5.87. The summed E-state index contributed by atoms with van der Waals surface area (Å²) in [4.78, 5) is 16.5. The van der Waals surface area contributed by atoms with E-state index in [9.17, 15) is 4.79 Å². The Morgan fingerprint density at radius 2 is 2.22 bits per heavy atom. The van der Waals surface area contributed by atoms with Crippen molar-refractivity contribution in [2.24, 2.45) is 11.1 Å². The highest BCUT2D eigenvalue weighted by atomic mass is 16.2. The van der Waals surface area contributed by atoms with Crippen LogP contribution in [-0.4, -0.2) is 16.4 Å². The average Bonchev–Trinajstić information content (AvgIpc) is 2.62. The van der Waals surface area contributed by atoms with Gasteiger partial charge < -0.3 is 11.1 Å². The van der Waals surface area contributed by atoms with Crippen molar-refractivity contribution in [1.29, 1.82) is 0 Å². The molecule has 2 saturated carbocycles. The fourth-order valence-corrected chi connectivity index (χ4v) is 3.55. The van der Waals surface area contributed by atoms with Crippen LogP contribution in [0, 0.1) is 5.41 Å². The largest absolute Gasteiger partial charge is 0.325 e. The van der Waals surface area contributed by atoms with Crippen molar-refractivity contribution in [3.63, 3.8) is 0 Å². The van der Waals surface area contributed by atoms with Gasteiger partial charge in [0.1, 0.15) is 0 Å². The summed E-state index contributed by atoms with van der Waals surface area (Å²) < 4.78 is 0. The number of anilines is 1. The van der Waals surface area contributed by atoms with Crippen LogP contribution < -0.4 is 11.1 Å². The smallest absolute Gasteiger partial charge is 0.230 e. The summed E-state index contributed by atoms with van der Waals surface area (Å²) >= 11 is 0. The number of hydrogen-bond acceptors (Lipinski definition) is 3. The third kappa shape index (κ3) is 1.90. The van der Waals surface area contributed by atoms with Crippen molar-refractivity contribution in [2.45, 2.75) is 44.1 Å². The molecule has 4 heteroatoms. The predicted octanol–water partition coefficient (Wildman–Crippen LogP) is 2.07. The monoisotopic (exact) mass is 245 g/mol. The molecule has 0 aliphatic heterocycles. The van der Waals surface area contributed by atoms with Crippen LogP contribution in [0.5, 0.6) is 0 Å². The van der Waals surface area contributed by atoms with Gasteiger partial charge in [0.15, 0.2) is 0 Å². The lowest BCUT2D eigenvalue weighted by molar-refractivity contribution is -0.126. The van der Waals surface area contributed by atoms with Crippen molar-refractivity contribution >= 4 is 11.6 Å². The second kappa shape index (κ2) is 4.05. The summed E-state index contributed by atoms with van der Waals surface area (Å²) in [5, 5.41) is 2.99. The number of fused-ring (bicyclic) bond motifs is 2. The molecule has 1 heterocycles. The molecule has 96 valence electrons. The first-order valence-corrected chi connectivity index (χ1v) is 6.62. The number of carbonyl (C=O) groups excluding carboxylic acids is 1. The van der Waals surface area contributed by atoms with Crippen LogP contribution in [0.4, 0.5) is 5.69 Å². The van der Waals surface area contributed by atoms with E-state index in [4.69, 9.17) is 5.73 Å². The minimum atomic E-state index is -0.233. The maximum atomic E-state index is 12.5. The van der Waals surface area contributed by atoms with Crippen LogP contribution in [0.3, 0.4) is 0 Å². The van der Waals surface area contributed by atoms with Gasteiger partial charge in [-0.1, -0.05) is 6.42 Å². The van der Waals surface area contributed by atoms with Gasteiger partial charge in [-0.3, -0.25) is 9.78 Å². The second-order valence-corrected chi connectivity index (χ2v) is 5.87. The van der Waals surface area contributed by atoms with Gasteiger partial charge in [-0.25, -0.2) is 0 Å². The maximum Gasteiger partial charge on any atom is 0.230 e. The first kappa shape index (κ1) is 11.7. The molecule has 0 radical (unpaired) electrons. The zero-order chi connectivity index (χ0) is 12.6. The van der Waals surface area contributed by atoms with E-state index in [1.807, 2.05) is 12.1 Å². The van der Waals surface area contributed by atoms with E-state index in [1.165, 1.54) is 0 Å². The molecule has 1 aromatic rings. The molecule has 4 nitrogen and oxygen atoms in total. The molecule has 0 saturated heterocycles. The van der Waals surface area contributed by atoms with E-state index in [0.29, 0.717) is 0 Å². The van der Waals surface area contributed by atoms with Gasteiger partial charge in [-0.15, -0.1) is 0 Å². The van der Waals surface area contributed by atoms with Crippen molar-refractivity contribution in [2.75, 3.05) is 5.32 Å². The molecule has 1 aromatic heterocycles. The fourth-order valence-electron chi connectivity index (χ4n) is 3.55. The number of carbonyl (C=O) groups is 1. The zero-order valence-corrected chi connectivity index (χ0v) is 10.5. The van der Waals surface area contributed by atoms with Crippen LogP contribution in [-0.2, 0) is 4.79 Å². The molecule has 0 spiro atoms. The number of pyridine rings is 1. The van der Waals surface area contributed by atoms with Gasteiger partial charge in [0.05, 0.1) is 17.3 Å². The Kier molecular flexibility index (Phi) is 2.63. The first-order chi connectivity index (χ1) is 8.62. The Balaban J connectivity index is 1.77. The van der Waals surface area contributed by atoms with Crippen LogP contribution >= 0.6 is 0 Å². The Labute approximate surface area is 107 Å². The zero-order valence-electron chi connectivity index (χ0n) is 10.5. The molecular formula is C14H19N3O. The van der Waals surface area contributed by atoms with Crippen LogP contribution in [0.2, 0.25) is 0 Å². The van der Waals surface area contributed by atoms with Gasteiger partial charge in [-0.2, -0.15) is 0 Å². The van der Waals surface area contributed by atoms with Crippen molar-refractivity contribution in [1.82, 2.24) is 4.98 Å². The highest BCUT2D eigenvalue weighted by Crippen LogP contribution is 2.52. The minimum absolute atomic E-state index is 0.0927. The summed E-state index contributed by atoms with van der Waals surface area (Å²) in [5.41, 5.74) is 6.77. The number of hydrogen-bond donors (Lipinski definition) is 2. The quantitative estimate of drug-likeness (QED) is 0.838. The number of nitrogens with zero attached hydrogens (tertiary/aromatic N) is 1. The molecule has 2 fully saturated rings. The molecular weight excluding hydrogens is 226 g/mol.